The highest BCUT2D eigenvalue weighted by molar-refractivity contribution is 5.06. The fraction of sp³-hybridized carbons (Fsp3) is 0.714. The Morgan fingerprint density at radius 2 is 1.94 bits per heavy atom. The average Bonchev–Trinajstić information content (AvgIpc) is 2.61. The highest BCUT2D eigenvalue weighted by Crippen LogP contribution is 2.06. The minimum absolute atomic E-state index is 0.608. The monoisotopic (exact) mass is 222 g/mol. The van der Waals surface area contributed by atoms with Crippen LogP contribution in [0.5, 0.6) is 0 Å². The number of hydrogen-bond acceptors (Lipinski definition) is 1. The van der Waals surface area contributed by atoms with E-state index in [2.05, 4.69) is 56.0 Å². The molecular formula is C14H26N2. The molecule has 1 rings (SSSR count). The molecule has 0 bridgehead atoms. The lowest BCUT2D eigenvalue weighted by molar-refractivity contribution is 0.424. The van der Waals surface area contributed by atoms with Crippen molar-refractivity contribution in [2.75, 3.05) is 0 Å². The molecule has 1 aromatic heterocycles. The second-order valence-electron chi connectivity index (χ2n) is 4.91. The molecule has 0 radical (unpaired) electrons. The van der Waals surface area contributed by atoms with Crippen LogP contribution >= 0.6 is 0 Å². The van der Waals surface area contributed by atoms with Gasteiger partial charge in [0.25, 0.3) is 0 Å². The van der Waals surface area contributed by atoms with E-state index < -0.39 is 0 Å². The van der Waals surface area contributed by atoms with Crippen LogP contribution in [-0.4, -0.2) is 16.7 Å². The van der Waals surface area contributed by atoms with E-state index in [1.807, 2.05) is 0 Å². The average molecular weight is 222 g/mol. The van der Waals surface area contributed by atoms with Crippen LogP contribution in [0.2, 0.25) is 0 Å². The van der Waals surface area contributed by atoms with Crippen molar-refractivity contribution in [3.63, 3.8) is 0 Å². The summed E-state index contributed by atoms with van der Waals surface area (Å²) >= 11 is 0. The standard InChI is InChI=1S/C14H26N2/c1-5-7-12(2)15-13(3)9-10-14-8-6-11-16(14)4/h6,8,11-13,15H,5,7,9-10H2,1-4H3. The lowest BCUT2D eigenvalue weighted by Gasteiger charge is -2.19. The number of nitrogens with zero attached hydrogens (tertiary/aromatic N) is 1. The van der Waals surface area contributed by atoms with Crippen molar-refractivity contribution in [3.05, 3.63) is 24.0 Å². The van der Waals surface area contributed by atoms with Crippen molar-refractivity contribution in [3.8, 4) is 0 Å². The summed E-state index contributed by atoms with van der Waals surface area (Å²) < 4.78 is 2.21. The smallest absolute Gasteiger partial charge is 0.0172 e. The fourth-order valence-electron chi connectivity index (χ4n) is 2.21. The Morgan fingerprint density at radius 1 is 1.25 bits per heavy atom. The molecule has 16 heavy (non-hydrogen) atoms. The van der Waals surface area contributed by atoms with E-state index in [9.17, 15) is 0 Å². The number of rotatable bonds is 7. The van der Waals surface area contributed by atoms with Crippen LogP contribution < -0.4 is 5.32 Å². The van der Waals surface area contributed by atoms with Crippen molar-refractivity contribution in [2.45, 2.75) is 58.5 Å². The van der Waals surface area contributed by atoms with E-state index in [1.54, 1.807) is 0 Å². The maximum atomic E-state index is 3.65. The normalized spacial score (nSPS) is 15.0. The van der Waals surface area contributed by atoms with E-state index in [0.717, 1.165) is 6.42 Å². The Bertz CT molecular complexity index is 291. The van der Waals surface area contributed by atoms with Crippen LogP contribution in [0.1, 0.15) is 45.7 Å². The van der Waals surface area contributed by atoms with Gasteiger partial charge in [0.2, 0.25) is 0 Å². The first-order valence-corrected chi connectivity index (χ1v) is 6.49. The molecule has 1 heterocycles. The van der Waals surface area contributed by atoms with Crippen molar-refractivity contribution >= 4 is 0 Å². The summed E-state index contributed by atoms with van der Waals surface area (Å²) in [6, 6.07) is 5.58. The molecule has 0 saturated heterocycles. The summed E-state index contributed by atoms with van der Waals surface area (Å²) in [6.07, 6.45) is 7.03. The first-order chi connectivity index (χ1) is 7.63. The molecule has 0 aromatic carbocycles. The van der Waals surface area contributed by atoms with E-state index in [1.165, 1.54) is 25.0 Å². The van der Waals surface area contributed by atoms with E-state index in [-0.39, 0.29) is 0 Å². The van der Waals surface area contributed by atoms with Gasteiger partial charge in [-0.05, 0) is 45.2 Å². The van der Waals surface area contributed by atoms with Crippen molar-refractivity contribution in [2.24, 2.45) is 7.05 Å². The molecule has 2 heteroatoms. The molecular weight excluding hydrogens is 196 g/mol. The quantitative estimate of drug-likeness (QED) is 0.750. The highest BCUT2D eigenvalue weighted by atomic mass is 14.9. The number of nitrogens with one attached hydrogen (secondary N) is 1. The fourth-order valence-corrected chi connectivity index (χ4v) is 2.21. The van der Waals surface area contributed by atoms with Crippen molar-refractivity contribution in [1.82, 2.24) is 9.88 Å². The molecule has 1 aromatic rings. The van der Waals surface area contributed by atoms with Gasteiger partial charge in [-0.25, -0.2) is 0 Å². The Labute approximate surface area is 100 Å². The van der Waals surface area contributed by atoms with Crippen LogP contribution in [0.3, 0.4) is 0 Å². The molecule has 0 aliphatic rings. The van der Waals surface area contributed by atoms with Crippen molar-refractivity contribution in [1.29, 1.82) is 0 Å². The molecule has 2 atom stereocenters. The van der Waals surface area contributed by atoms with Gasteiger partial charge in [-0.1, -0.05) is 13.3 Å². The molecule has 0 aliphatic carbocycles. The second kappa shape index (κ2) is 6.74. The van der Waals surface area contributed by atoms with Gasteiger partial charge in [-0.2, -0.15) is 0 Å². The molecule has 0 aliphatic heterocycles. The van der Waals surface area contributed by atoms with Gasteiger partial charge in [0, 0.05) is 31.0 Å². The predicted octanol–water partition coefficient (Wildman–Crippen LogP) is 3.12. The minimum Gasteiger partial charge on any atom is -0.354 e. The third kappa shape index (κ3) is 4.40. The lowest BCUT2D eigenvalue weighted by atomic mass is 10.1. The Kier molecular flexibility index (Phi) is 5.61. The van der Waals surface area contributed by atoms with Crippen LogP contribution in [0.4, 0.5) is 0 Å². The van der Waals surface area contributed by atoms with E-state index in [4.69, 9.17) is 0 Å². The Balaban J connectivity index is 2.25. The van der Waals surface area contributed by atoms with Crippen LogP contribution in [0, 0.1) is 0 Å². The number of aryl methyl sites for hydroxylation is 2. The summed E-state index contributed by atoms with van der Waals surface area (Å²) in [5.41, 5.74) is 1.43. The molecule has 0 fully saturated rings. The van der Waals surface area contributed by atoms with E-state index >= 15 is 0 Å². The van der Waals surface area contributed by atoms with Gasteiger partial charge in [0.15, 0.2) is 0 Å². The molecule has 2 unspecified atom stereocenters. The lowest BCUT2D eigenvalue weighted by Crippen LogP contribution is -2.34. The van der Waals surface area contributed by atoms with Crippen molar-refractivity contribution < 1.29 is 0 Å². The molecule has 0 amide bonds. The zero-order chi connectivity index (χ0) is 12.0. The molecule has 92 valence electrons. The topological polar surface area (TPSA) is 17.0 Å². The van der Waals surface area contributed by atoms with Gasteiger partial charge < -0.3 is 9.88 Å². The zero-order valence-electron chi connectivity index (χ0n) is 11.2. The van der Waals surface area contributed by atoms with Gasteiger partial charge in [-0.3, -0.25) is 0 Å². The third-order valence-electron chi connectivity index (χ3n) is 3.18. The minimum atomic E-state index is 0.608. The highest BCUT2D eigenvalue weighted by Gasteiger charge is 2.07. The number of aromatic nitrogens is 1. The first kappa shape index (κ1) is 13.3. The summed E-state index contributed by atoms with van der Waals surface area (Å²) in [5, 5.41) is 3.65. The Hall–Kier alpha value is -0.760. The molecule has 0 spiro atoms. The summed E-state index contributed by atoms with van der Waals surface area (Å²) in [6.45, 7) is 6.81. The van der Waals surface area contributed by atoms with Gasteiger partial charge in [-0.15, -0.1) is 0 Å². The maximum Gasteiger partial charge on any atom is 0.0172 e. The zero-order valence-corrected chi connectivity index (χ0v) is 11.2. The number of hydrogen-bond donors (Lipinski definition) is 1. The van der Waals surface area contributed by atoms with Crippen LogP contribution in [-0.2, 0) is 13.5 Å². The van der Waals surface area contributed by atoms with Crippen LogP contribution in [0.15, 0.2) is 18.3 Å². The largest absolute Gasteiger partial charge is 0.354 e. The Morgan fingerprint density at radius 3 is 2.50 bits per heavy atom. The van der Waals surface area contributed by atoms with Gasteiger partial charge in [0.05, 0.1) is 0 Å². The summed E-state index contributed by atoms with van der Waals surface area (Å²) in [7, 11) is 2.12. The second-order valence-corrected chi connectivity index (χ2v) is 4.91. The maximum absolute atomic E-state index is 3.65. The molecule has 0 saturated carbocycles. The summed E-state index contributed by atoms with van der Waals surface area (Å²) in [5.74, 6) is 0. The van der Waals surface area contributed by atoms with E-state index in [0.29, 0.717) is 12.1 Å². The SMILES string of the molecule is CCCC(C)NC(C)CCc1cccn1C. The van der Waals surface area contributed by atoms with Crippen LogP contribution in [0.25, 0.3) is 0 Å². The molecule has 1 N–H and O–H groups in total. The molecule has 2 nitrogen and oxygen atoms in total. The van der Waals surface area contributed by atoms with Gasteiger partial charge in [0.1, 0.15) is 0 Å². The summed E-state index contributed by atoms with van der Waals surface area (Å²) in [4.78, 5) is 0. The van der Waals surface area contributed by atoms with Gasteiger partial charge >= 0.3 is 0 Å². The first-order valence-electron chi connectivity index (χ1n) is 6.49. The predicted molar refractivity (Wildman–Crippen MR) is 70.7 cm³/mol. The third-order valence-corrected chi connectivity index (χ3v) is 3.18.